The highest BCUT2D eigenvalue weighted by atomic mass is 16.4. The molecule has 5 nitrogen and oxygen atoms in total. The van der Waals surface area contributed by atoms with E-state index in [4.69, 9.17) is 0 Å². The van der Waals surface area contributed by atoms with Gasteiger partial charge in [0.25, 0.3) is 0 Å². The molecule has 0 fully saturated rings. The number of phenolic OH excluding ortho intramolecular Hbond substituents is 1. The standard InChI is InChI=1S/C20H20N2O3/c1-2-20(19(24)25,13-14-8-10-16(23)11-9-14)22-17-7-3-5-15-6-4-12-21-18(15)17/h3-12,22-23H,2,13H2,1H3,(H,24,25). The first-order valence-electron chi connectivity index (χ1n) is 8.17. The Morgan fingerprint density at radius 1 is 1.12 bits per heavy atom. The Kier molecular flexibility index (Phi) is 4.57. The smallest absolute Gasteiger partial charge is 0.329 e. The van der Waals surface area contributed by atoms with Crippen LogP contribution < -0.4 is 5.32 Å². The third kappa shape index (κ3) is 3.40. The number of nitrogens with one attached hydrogen (secondary N) is 1. The van der Waals surface area contributed by atoms with Gasteiger partial charge in [0.05, 0.1) is 11.2 Å². The highest BCUT2D eigenvalue weighted by molar-refractivity contribution is 5.93. The fourth-order valence-corrected chi connectivity index (χ4v) is 2.96. The van der Waals surface area contributed by atoms with Gasteiger partial charge in [0, 0.05) is 18.0 Å². The second kappa shape index (κ2) is 6.81. The lowest BCUT2D eigenvalue weighted by Crippen LogP contribution is -2.48. The second-order valence-electron chi connectivity index (χ2n) is 6.09. The Hall–Kier alpha value is -3.08. The molecule has 0 amide bonds. The maximum Gasteiger partial charge on any atom is 0.329 e. The molecule has 2 aromatic carbocycles. The number of carboxylic acids is 1. The molecule has 0 saturated heterocycles. The predicted octanol–water partition coefficient (Wildman–Crippen LogP) is 3.83. The van der Waals surface area contributed by atoms with E-state index in [0.29, 0.717) is 18.5 Å². The normalized spacial score (nSPS) is 13.3. The van der Waals surface area contributed by atoms with E-state index in [1.807, 2.05) is 37.3 Å². The summed E-state index contributed by atoms with van der Waals surface area (Å²) in [6.07, 6.45) is 2.39. The number of hydrogen-bond donors (Lipinski definition) is 3. The number of carbonyl (C=O) groups is 1. The van der Waals surface area contributed by atoms with Crippen LogP contribution in [0.2, 0.25) is 0 Å². The Balaban J connectivity index is 2.00. The number of hydrogen-bond acceptors (Lipinski definition) is 4. The lowest BCUT2D eigenvalue weighted by molar-refractivity contribution is -0.142. The van der Waals surface area contributed by atoms with Crippen molar-refractivity contribution in [1.82, 2.24) is 4.98 Å². The van der Waals surface area contributed by atoms with Crippen LogP contribution in [-0.2, 0) is 11.2 Å². The molecule has 1 unspecified atom stereocenters. The minimum Gasteiger partial charge on any atom is -0.508 e. The number of fused-ring (bicyclic) bond motifs is 1. The summed E-state index contributed by atoms with van der Waals surface area (Å²) in [5, 5.41) is 23.6. The van der Waals surface area contributed by atoms with Crippen LogP contribution >= 0.6 is 0 Å². The number of pyridine rings is 1. The first-order chi connectivity index (χ1) is 12.0. The van der Waals surface area contributed by atoms with Crippen molar-refractivity contribution in [2.75, 3.05) is 5.32 Å². The van der Waals surface area contributed by atoms with Gasteiger partial charge >= 0.3 is 5.97 Å². The zero-order valence-corrected chi connectivity index (χ0v) is 13.9. The molecular weight excluding hydrogens is 316 g/mol. The lowest BCUT2D eigenvalue weighted by atomic mass is 9.87. The molecule has 5 heteroatoms. The summed E-state index contributed by atoms with van der Waals surface area (Å²) >= 11 is 0. The third-order valence-electron chi connectivity index (χ3n) is 4.46. The monoisotopic (exact) mass is 336 g/mol. The van der Waals surface area contributed by atoms with Gasteiger partial charge in [-0.3, -0.25) is 4.98 Å². The molecule has 0 aliphatic heterocycles. The summed E-state index contributed by atoms with van der Waals surface area (Å²) < 4.78 is 0. The summed E-state index contributed by atoms with van der Waals surface area (Å²) in [6.45, 7) is 1.85. The van der Waals surface area contributed by atoms with Crippen LogP contribution in [0.4, 0.5) is 5.69 Å². The Morgan fingerprint density at radius 2 is 1.84 bits per heavy atom. The quantitative estimate of drug-likeness (QED) is 0.637. The number of aliphatic carboxylic acids is 1. The van der Waals surface area contributed by atoms with Gasteiger partial charge in [-0.05, 0) is 36.2 Å². The second-order valence-corrected chi connectivity index (χ2v) is 6.09. The van der Waals surface area contributed by atoms with Crippen molar-refractivity contribution >= 4 is 22.6 Å². The molecule has 1 heterocycles. The molecule has 0 aliphatic rings. The summed E-state index contributed by atoms with van der Waals surface area (Å²) in [4.78, 5) is 16.5. The van der Waals surface area contributed by atoms with Crippen molar-refractivity contribution in [2.45, 2.75) is 25.3 Å². The van der Waals surface area contributed by atoms with Crippen LogP contribution in [0.3, 0.4) is 0 Å². The molecule has 0 aliphatic carbocycles. The van der Waals surface area contributed by atoms with E-state index in [2.05, 4.69) is 10.3 Å². The third-order valence-corrected chi connectivity index (χ3v) is 4.46. The highest BCUT2D eigenvalue weighted by Crippen LogP contribution is 2.28. The molecule has 128 valence electrons. The fourth-order valence-electron chi connectivity index (χ4n) is 2.96. The van der Waals surface area contributed by atoms with Crippen LogP contribution in [0.25, 0.3) is 10.9 Å². The Labute approximate surface area is 146 Å². The van der Waals surface area contributed by atoms with E-state index in [9.17, 15) is 15.0 Å². The minimum absolute atomic E-state index is 0.160. The molecule has 3 N–H and O–H groups in total. The van der Waals surface area contributed by atoms with Gasteiger partial charge in [-0.2, -0.15) is 0 Å². The molecule has 25 heavy (non-hydrogen) atoms. The lowest BCUT2D eigenvalue weighted by Gasteiger charge is -2.31. The molecular formula is C20H20N2O3. The number of aromatic hydroxyl groups is 1. The number of phenols is 1. The SMILES string of the molecule is CCC(Cc1ccc(O)cc1)(Nc1cccc2cccnc12)C(=O)O. The molecule has 3 rings (SSSR count). The van der Waals surface area contributed by atoms with Gasteiger partial charge in [-0.15, -0.1) is 0 Å². The van der Waals surface area contributed by atoms with E-state index in [0.717, 1.165) is 16.5 Å². The molecule has 3 aromatic rings. The van der Waals surface area contributed by atoms with Crippen LogP contribution in [0, 0.1) is 0 Å². The maximum absolute atomic E-state index is 12.1. The van der Waals surface area contributed by atoms with Gasteiger partial charge in [0.2, 0.25) is 0 Å². The largest absolute Gasteiger partial charge is 0.508 e. The topological polar surface area (TPSA) is 82.5 Å². The van der Waals surface area contributed by atoms with E-state index in [1.165, 1.54) is 0 Å². The average molecular weight is 336 g/mol. The van der Waals surface area contributed by atoms with E-state index >= 15 is 0 Å². The number of benzene rings is 2. The predicted molar refractivity (Wildman–Crippen MR) is 97.8 cm³/mol. The number of aromatic nitrogens is 1. The van der Waals surface area contributed by atoms with E-state index in [1.54, 1.807) is 30.5 Å². The van der Waals surface area contributed by atoms with Gasteiger partial charge in [-0.25, -0.2) is 4.79 Å². The Bertz CT molecular complexity index is 888. The summed E-state index contributed by atoms with van der Waals surface area (Å²) in [6, 6.07) is 16.1. The molecule has 0 radical (unpaired) electrons. The van der Waals surface area contributed by atoms with Gasteiger partial charge in [-0.1, -0.05) is 37.3 Å². The van der Waals surface area contributed by atoms with Crippen molar-refractivity contribution in [3.8, 4) is 5.75 Å². The fraction of sp³-hybridized carbons (Fsp3) is 0.200. The summed E-state index contributed by atoms with van der Waals surface area (Å²) in [7, 11) is 0. The molecule has 1 aromatic heterocycles. The van der Waals surface area contributed by atoms with Gasteiger partial charge in [0.1, 0.15) is 11.3 Å². The van der Waals surface area contributed by atoms with Crippen LogP contribution in [-0.4, -0.2) is 26.7 Å². The summed E-state index contributed by atoms with van der Waals surface area (Å²) in [5.41, 5.74) is 1.11. The maximum atomic E-state index is 12.1. The van der Waals surface area contributed by atoms with Crippen molar-refractivity contribution in [3.63, 3.8) is 0 Å². The van der Waals surface area contributed by atoms with E-state index in [-0.39, 0.29) is 5.75 Å². The van der Waals surface area contributed by atoms with E-state index < -0.39 is 11.5 Å². The molecule has 0 bridgehead atoms. The number of anilines is 1. The first kappa shape index (κ1) is 16.8. The number of para-hydroxylation sites is 1. The number of rotatable bonds is 6. The van der Waals surface area contributed by atoms with Crippen molar-refractivity contribution in [3.05, 3.63) is 66.4 Å². The van der Waals surface area contributed by atoms with Gasteiger partial charge in [0.15, 0.2) is 0 Å². The van der Waals surface area contributed by atoms with Crippen molar-refractivity contribution in [2.24, 2.45) is 0 Å². The highest BCUT2D eigenvalue weighted by Gasteiger charge is 2.37. The molecule has 0 saturated carbocycles. The minimum atomic E-state index is -1.16. The first-order valence-corrected chi connectivity index (χ1v) is 8.17. The van der Waals surface area contributed by atoms with Crippen molar-refractivity contribution in [1.29, 1.82) is 0 Å². The number of nitrogens with zero attached hydrogens (tertiary/aromatic N) is 1. The van der Waals surface area contributed by atoms with Gasteiger partial charge < -0.3 is 15.5 Å². The molecule has 1 atom stereocenters. The molecule has 0 spiro atoms. The number of carboxylic acid groups (broad SMARTS) is 1. The van der Waals surface area contributed by atoms with Crippen molar-refractivity contribution < 1.29 is 15.0 Å². The average Bonchev–Trinajstić information content (AvgIpc) is 2.63. The summed E-state index contributed by atoms with van der Waals surface area (Å²) in [5.74, 6) is -0.761. The van der Waals surface area contributed by atoms with Crippen LogP contribution in [0.5, 0.6) is 5.75 Å². The zero-order chi connectivity index (χ0) is 17.9. The van der Waals surface area contributed by atoms with Crippen LogP contribution in [0.1, 0.15) is 18.9 Å². The van der Waals surface area contributed by atoms with Crippen LogP contribution in [0.15, 0.2) is 60.8 Å². The zero-order valence-electron chi connectivity index (χ0n) is 13.9. The Morgan fingerprint density at radius 3 is 2.52 bits per heavy atom.